The molecule has 132 valence electrons. The van der Waals surface area contributed by atoms with Gasteiger partial charge in [0.2, 0.25) is 0 Å². The van der Waals surface area contributed by atoms with E-state index in [9.17, 15) is 23.1 Å². The number of hydrogen-bond acceptors (Lipinski definition) is 5. The van der Waals surface area contributed by atoms with E-state index in [-0.39, 0.29) is 22.9 Å². The number of carboxylic acids is 1. The molecule has 1 saturated heterocycles. The van der Waals surface area contributed by atoms with E-state index in [0.717, 1.165) is 0 Å². The van der Waals surface area contributed by atoms with Gasteiger partial charge in [0.25, 0.3) is 5.91 Å². The van der Waals surface area contributed by atoms with Gasteiger partial charge in [-0.15, -0.1) is 0 Å². The van der Waals surface area contributed by atoms with Gasteiger partial charge in [-0.1, -0.05) is 18.2 Å². The van der Waals surface area contributed by atoms with Gasteiger partial charge in [-0.2, -0.15) is 5.10 Å². The molecule has 1 amide bonds. The summed E-state index contributed by atoms with van der Waals surface area (Å²) in [5.41, 5.74) is 0.376. The predicted molar refractivity (Wildman–Crippen MR) is 89.7 cm³/mol. The second-order valence-electron chi connectivity index (χ2n) is 5.94. The summed E-state index contributed by atoms with van der Waals surface area (Å²) in [5.74, 6) is -1.74. The molecule has 1 aliphatic heterocycles. The number of amides is 1. The van der Waals surface area contributed by atoms with E-state index >= 15 is 0 Å². The molecule has 1 aliphatic rings. The molecule has 0 spiro atoms. The highest BCUT2D eigenvalue weighted by atomic mass is 32.2. The smallest absolute Gasteiger partial charge is 0.356 e. The molecule has 1 N–H and O–H groups in total. The summed E-state index contributed by atoms with van der Waals surface area (Å²) in [6, 6.07) is 9.48. The number of carbonyl (C=O) groups is 2. The monoisotopic (exact) mass is 363 g/mol. The van der Waals surface area contributed by atoms with E-state index in [4.69, 9.17) is 0 Å². The Hall–Kier alpha value is -2.68. The van der Waals surface area contributed by atoms with Gasteiger partial charge in [0.15, 0.2) is 15.5 Å². The van der Waals surface area contributed by atoms with Crippen LogP contribution in [0.25, 0.3) is 5.69 Å². The van der Waals surface area contributed by atoms with Crippen molar-refractivity contribution in [2.75, 3.05) is 18.6 Å². The highest BCUT2D eigenvalue weighted by molar-refractivity contribution is 7.91. The number of aromatic carboxylic acids is 1. The summed E-state index contributed by atoms with van der Waals surface area (Å²) in [4.78, 5) is 25.5. The number of rotatable bonds is 4. The normalized spacial score (nSPS) is 18.8. The molecular weight excluding hydrogens is 346 g/mol. The van der Waals surface area contributed by atoms with Gasteiger partial charge >= 0.3 is 5.97 Å². The minimum Gasteiger partial charge on any atom is -0.476 e. The lowest BCUT2D eigenvalue weighted by molar-refractivity contribution is 0.0689. The Morgan fingerprint density at radius 1 is 1.28 bits per heavy atom. The van der Waals surface area contributed by atoms with E-state index < -0.39 is 27.8 Å². The van der Waals surface area contributed by atoms with Gasteiger partial charge in [-0.25, -0.2) is 17.9 Å². The molecule has 2 heterocycles. The van der Waals surface area contributed by atoms with Crippen molar-refractivity contribution in [3.63, 3.8) is 0 Å². The minimum atomic E-state index is -3.14. The first-order valence-electron chi connectivity index (χ1n) is 7.65. The maximum atomic E-state index is 12.9. The third-order valence-corrected chi connectivity index (χ3v) is 5.98. The molecule has 0 unspecified atom stereocenters. The molecular formula is C16H17N3O5S. The molecule has 0 aliphatic carbocycles. The number of carbonyl (C=O) groups excluding carboxylic acids is 1. The average Bonchev–Trinajstić information content (AvgIpc) is 3.18. The van der Waals surface area contributed by atoms with Crippen LogP contribution >= 0.6 is 0 Å². The molecule has 8 nitrogen and oxygen atoms in total. The van der Waals surface area contributed by atoms with E-state index in [1.165, 1.54) is 22.7 Å². The Morgan fingerprint density at radius 3 is 2.52 bits per heavy atom. The quantitative estimate of drug-likeness (QED) is 0.862. The Bertz CT molecular complexity index is 921. The topological polar surface area (TPSA) is 110 Å². The summed E-state index contributed by atoms with van der Waals surface area (Å²) in [7, 11) is -1.61. The summed E-state index contributed by atoms with van der Waals surface area (Å²) in [6.07, 6.45) is 0.371. The summed E-state index contributed by atoms with van der Waals surface area (Å²) < 4.78 is 24.6. The third-order valence-electron chi connectivity index (χ3n) is 4.22. The Labute approximate surface area is 144 Å². The van der Waals surface area contributed by atoms with Gasteiger partial charge in [0.1, 0.15) is 5.69 Å². The van der Waals surface area contributed by atoms with Crippen molar-refractivity contribution in [2.45, 2.75) is 12.5 Å². The van der Waals surface area contributed by atoms with Crippen LogP contribution in [-0.4, -0.2) is 64.7 Å². The molecule has 0 radical (unpaired) electrons. The lowest BCUT2D eigenvalue weighted by atomic mass is 10.2. The van der Waals surface area contributed by atoms with Crippen molar-refractivity contribution in [1.82, 2.24) is 14.7 Å². The first kappa shape index (κ1) is 17.2. The molecule has 1 fully saturated rings. The van der Waals surface area contributed by atoms with Crippen LogP contribution in [0.15, 0.2) is 36.4 Å². The standard InChI is InChI=1S/C16H17N3O5S/c1-18(12-7-8-25(23,24)10-12)15(20)14-9-13(16(21)22)17-19(14)11-5-3-2-4-6-11/h2-6,9,12H,7-8,10H2,1H3,(H,21,22)/t12-/m0/s1. The van der Waals surface area contributed by atoms with Crippen LogP contribution in [-0.2, 0) is 9.84 Å². The number of aromatic nitrogens is 2. The van der Waals surface area contributed by atoms with E-state index in [2.05, 4.69) is 5.10 Å². The fourth-order valence-corrected chi connectivity index (χ4v) is 4.61. The van der Waals surface area contributed by atoms with Gasteiger partial charge in [-0.3, -0.25) is 4.79 Å². The maximum absolute atomic E-state index is 12.9. The molecule has 9 heteroatoms. The number of benzene rings is 1. The Balaban J connectivity index is 1.98. The van der Waals surface area contributed by atoms with Crippen molar-refractivity contribution >= 4 is 21.7 Å². The van der Waals surface area contributed by atoms with Crippen molar-refractivity contribution in [3.05, 3.63) is 47.8 Å². The first-order chi connectivity index (χ1) is 11.8. The van der Waals surface area contributed by atoms with E-state index in [1.807, 2.05) is 0 Å². The van der Waals surface area contributed by atoms with Crippen LogP contribution in [0.2, 0.25) is 0 Å². The van der Waals surface area contributed by atoms with Crippen LogP contribution in [0.5, 0.6) is 0 Å². The third kappa shape index (κ3) is 3.41. The van der Waals surface area contributed by atoms with Crippen LogP contribution in [0.1, 0.15) is 27.4 Å². The van der Waals surface area contributed by atoms with Gasteiger partial charge in [-0.05, 0) is 18.6 Å². The SMILES string of the molecule is CN(C(=O)c1cc(C(=O)O)nn1-c1ccccc1)[C@H]1CCS(=O)(=O)C1. The fourth-order valence-electron chi connectivity index (χ4n) is 2.83. The molecule has 1 aromatic heterocycles. The number of carboxylic acid groups (broad SMARTS) is 1. The largest absolute Gasteiger partial charge is 0.476 e. The molecule has 2 aromatic rings. The predicted octanol–water partition coefficient (Wildman–Crippen LogP) is 0.830. The summed E-state index contributed by atoms with van der Waals surface area (Å²) in [6.45, 7) is 0. The second kappa shape index (κ2) is 6.32. The van der Waals surface area contributed by atoms with Crippen LogP contribution in [0, 0.1) is 0 Å². The maximum Gasteiger partial charge on any atom is 0.356 e. The fraction of sp³-hybridized carbons (Fsp3) is 0.312. The Morgan fingerprint density at radius 2 is 1.96 bits per heavy atom. The zero-order valence-electron chi connectivity index (χ0n) is 13.5. The van der Waals surface area contributed by atoms with Crippen LogP contribution in [0.4, 0.5) is 0 Å². The first-order valence-corrected chi connectivity index (χ1v) is 9.47. The number of nitrogens with zero attached hydrogens (tertiary/aromatic N) is 3. The summed E-state index contributed by atoms with van der Waals surface area (Å²) >= 11 is 0. The van der Waals surface area contributed by atoms with E-state index in [0.29, 0.717) is 12.1 Å². The number of hydrogen-bond donors (Lipinski definition) is 1. The molecule has 0 bridgehead atoms. The van der Waals surface area contributed by atoms with Crippen molar-refractivity contribution < 1.29 is 23.1 Å². The molecule has 1 atom stereocenters. The molecule has 25 heavy (non-hydrogen) atoms. The molecule has 3 rings (SSSR count). The van der Waals surface area contributed by atoms with Gasteiger partial charge in [0, 0.05) is 19.2 Å². The number of sulfone groups is 1. The van der Waals surface area contributed by atoms with E-state index in [1.54, 1.807) is 30.3 Å². The molecule has 1 aromatic carbocycles. The lowest BCUT2D eigenvalue weighted by Crippen LogP contribution is -2.38. The second-order valence-corrected chi connectivity index (χ2v) is 8.17. The summed E-state index contributed by atoms with van der Waals surface area (Å²) in [5, 5.41) is 13.2. The minimum absolute atomic E-state index is 0.0492. The van der Waals surface area contributed by atoms with Gasteiger partial charge < -0.3 is 10.0 Å². The zero-order valence-corrected chi connectivity index (χ0v) is 14.3. The van der Waals surface area contributed by atoms with Crippen LogP contribution in [0.3, 0.4) is 0 Å². The lowest BCUT2D eigenvalue weighted by Gasteiger charge is -2.23. The highest BCUT2D eigenvalue weighted by Crippen LogP contribution is 2.20. The van der Waals surface area contributed by atoms with Crippen LogP contribution < -0.4 is 0 Å². The zero-order chi connectivity index (χ0) is 18.2. The number of para-hydroxylation sites is 1. The Kier molecular flexibility index (Phi) is 4.34. The molecule has 0 saturated carbocycles. The average molecular weight is 363 g/mol. The van der Waals surface area contributed by atoms with Gasteiger partial charge in [0.05, 0.1) is 17.2 Å². The van der Waals surface area contributed by atoms with Crippen molar-refractivity contribution in [3.8, 4) is 5.69 Å². The van der Waals surface area contributed by atoms with Crippen molar-refractivity contribution in [2.24, 2.45) is 0 Å². The van der Waals surface area contributed by atoms with Crippen molar-refractivity contribution in [1.29, 1.82) is 0 Å². The highest BCUT2D eigenvalue weighted by Gasteiger charge is 2.34.